The quantitative estimate of drug-likeness (QED) is 0.665. The summed E-state index contributed by atoms with van der Waals surface area (Å²) in [5, 5.41) is 5.98. The molecule has 0 aliphatic heterocycles. The van der Waals surface area contributed by atoms with Gasteiger partial charge in [-0.15, -0.1) is 0 Å². The number of nitrogens with one attached hydrogen (secondary N) is 1. The molecule has 6 nitrogen and oxygen atoms in total. The van der Waals surface area contributed by atoms with Gasteiger partial charge in [0.2, 0.25) is 5.82 Å². The molecule has 1 heterocycles. The number of carbonyl (C=O) groups is 1. The number of rotatable bonds is 6. The Labute approximate surface area is 152 Å². The van der Waals surface area contributed by atoms with Crippen molar-refractivity contribution in [2.75, 3.05) is 13.2 Å². The van der Waals surface area contributed by atoms with Crippen molar-refractivity contribution in [1.29, 1.82) is 0 Å². The molecule has 0 fully saturated rings. The van der Waals surface area contributed by atoms with Crippen LogP contribution in [0.1, 0.15) is 16.2 Å². The number of nitrogens with zero attached hydrogens (tertiary/aromatic N) is 2. The predicted octanol–water partition coefficient (Wildman–Crippen LogP) is 3.56. The van der Waals surface area contributed by atoms with Gasteiger partial charge < -0.3 is 14.6 Å². The summed E-state index contributed by atoms with van der Waals surface area (Å²) in [6.07, 6.45) is -4.70. The van der Waals surface area contributed by atoms with E-state index in [0.29, 0.717) is 30.0 Å². The van der Waals surface area contributed by atoms with E-state index in [2.05, 4.69) is 20.0 Å². The average molecular weight is 377 g/mol. The van der Waals surface area contributed by atoms with Gasteiger partial charge in [-0.2, -0.15) is 18.2 Å². The van der Waals surface area contributed by atoms with Crippen LogP contribution < -0.4 is 10.1 Å². The summed E-state index contributed by atoms with van der Waals surface area (Å²) >= 11 is 0. The summed E-state index contributed by atoms with van der Waals surface area (Å²) in [6.45, 7) is 0.603. The number of hydrogen-bond acceptors (Lipinski definition) is 5. The van der Waals surface area contributed by atoms with Crippen molar-refractivity contribution in [3.63, 3.8) is 0 Å². The van der Waals surface area contributed by atoms with E-state index in [0.717, 1.165) is 0 Å². The van der Waals surface area contributed by atoms with E-state index in [4.69, 9.17) is 4.74 Å². The molecule has 0 saturated carbocycles. The Hall–Kier alpha value is -3.36. The van der Waals surface area contributed by atoms with Gasteiger partial charge in [0.15, 0.2) is 0 Å². The minimum absolute atomic E-state index is 0.203. The molecule has 0 saturated heterocycles. The SMILES string of the molecule is O=C(NCCOc1ccccc1)c1ccc(-c2noc(C(F)(F)F)n2)cc1. The summed E-state index contributed by atoms with van der Waals surface area (Å²) < 4.78 is 47.1. The third-order valence-corrected chi connectivity index (χ3v) is 3.47. The third-order valence-electron chi connectivity index (χ3n) is 3.47. The summed E-state index contributed by atoms with van der Waals surface area (Å²) in [5.41, 5.74) is 0.649. The number of aromatic nitrogens is 2. The normalized spacial score (nSPS) is 11.2. The highest BCUT2D eigenvalue weighted by Gasteiger charge is 2.38. The fourth-order valence-corrected chi connectivity index (χ4v) is 2.18. The van der Waals surface area contributed by atoms with Crippen LogP contribution >= 0.6 is 0 Å². The second kappa shape index (κ2) is 7.90. The van der Waals surface area contributed by atoms with Gasteiger partial charge in [0.1, 0.15) is 12.4 Å². The van der Waals surface area contributed by atoms with Crippen LogP contribution in [0.4, 0.5) is 13.2 Å². The van der Waals surface area contributed by atoms with Gasteiger partial charge in [0.05, 0.1) is 6.54 Å². The highest BCUT2D eigenvalue weighted by molar-refractivity contribution is 5.94. The first kappa shape index (κ1) is 18.4. The Kier molecular flexibility index (Phi) is 5.39. The van der Waals surface area contributed by atoms with Crippen LogP contribution in [0.3, 0.4) is 0 Å². The molecule has 0 unspecified atom stereocenters. The van der Waals surface area contributed by atoms with Crippen LogP contribution in [-0.2, 0) is 6.18 Å². The van der Waals surface area contributed by atoms with Crippen molar-refractivity contribution in [2.45, 2.75) is 6.18 Å². The van der Waals surface area contributed by atoms with Gasteiger partial charge in [0, 0.05) is 11.1 Å². The monoisotopic (exact) mass is 377 g/mol. The molecule has 0 aliphatic rings. The molecule has 1 amide bonds. The molecule has 0 bridgehead atoms. The number of benzene rings is 2. The van der Waals surface area contributed by atoms with Gasteiger partial charge in [-0.25, -0.2) is 0 Å². The first-order valence-corrected chi connectivity index (χ1v) is 7.91. The van der Waals surface area contributed by atoms with Crippen molar-refractivity contribution in [2.24, 2.45) is 0 Å². The Morgan fingerprint density at radius 3 is 2.41 bits per heavy atom. The molecular formula is C18H14F3N3O3. The van der Waals surface area contributed by atoms with E-state index >= 15 is 0 Å². The standard InChI is InChI=1S/C18H14F3N3O3/c19-18(20,21)17-23-15(24-27-17)12-6-8-13(9-7-12)16(25)22-10-11-26-14-4-2-1-3-5-14/h1-9H,10-11H2,(H,22,25). The number of hydrogen-bond donors (Lipinski definition) is 1. The Morgan fingerprint density at radius 2 is 1.78 bits per heavy atom. The van der Waals surface area contributed by atoms with Crippen LogP contribution in [-0.4, -0.2) is 29.2 Å². The first-order valence-electron chi connectivity index (χ1n) is 7.91. The van der Waals surface area contributed by atoms with Crippen molar-refractivity contribution < 1.29 is 27.2 Å². The Bertz CT molecular complexity index is 893. The lowest BCUT2D eigenvalue weighted by Gasteiger charge is -2.08. The van der Waals surface area contributed by atoms with E-state index in [1.54, 1.807) is 0 Å². The molecule has 0 aliphatic carbocycles. The molecule has 27 heavy (non-hydrogen) atoms. The summed E-state index contributed by atoms with van der Waals surface area (Å²) in [4.78, 5) is 15.4. The second-order valence-corrected chi connectivity index (χ2v) is 5.42. The minimum Gasteiger partial charge on any atom is -0.492 e. The Balaban J connectivity index is 1.53. The number of halogens is 3. The number of para-hydroxylation sites is 1. The fourth-order valence-electron chi connectivity index (χ4n) is 2.18. The lowest BCUT2D eigenvalue weighted by molar-refractivity contribution is -0.159. The molecule has 0 spiro atoms. The van der Waals surface area contributed by atoms with Gasteiger partial charge in [-0.3, -0.25) is 4.79 Å². The molecule has 3 aromatic rings. The Morgan fingerprint density at radius 1 is 1.07 bits per heavy atom. The van der Waals surface area contributed by atoms with Gasteiger partial charge in [-0.1, -0.05) is 35.5 Å². The topological polar surface area (TPSA) is 77.2 Å². The van der Waals surface area contributed by atoms with Crippen LogP contribution in [0.2, 0.25) is 0 Å². The largest absolute Gasteiger partial charge is 0.492 e. The lowest BCUT2D eigenvalue weighted by Crippen LogP contribution is -2.28. The van der Waals surface area contributed by atoms with Crippen molar-refractivity contribution >= 4 is 5.91 Å². The van der Waals surface area contributed by atoms with Crippen LogP contribution in [0.15, 0.2) is 59.1 Å². The summed E-state index contributed by atoms with van der Waals surface area (Å²) in [7, 11) is 0. The van der Waals surface area contributed by atoms with Crippen LogP contribution in [0, 0.1) is 0 Å². The molecule has 0 radical (unpaired) electrons. The fraction of sp³-hybridized carbons (Fsp3) is 0.167. The predicted molar refractivity (Wildman–Crippen MR) is 89.0 cm³/mol. The molecule has 0 atom stereocenters. The lowest BCUT2D eigenvalue weighted by atomic mass is 10.1. The van der Waals surface area contributed by atoms with Gasteiger partial charge in [0.25, 0.3) is 5.91 Å². The molecule has 140 valence electrons. The van der Waals surface area contributed by atoms with E-state index in [1.165, 1.54) is 24.3 Å². The highest BCUT2D eigenvalue weighted by atomic mass is 19.4. The van der Waals surface area contributed by atoms with Gasteiger partial charge >= 0.3 is 12.1 Å². The molecule has 1 N–H and O–H groups in total. The van der Waals surface area contributed by atoms with Crippen LogP contribution in [0.25, 0.3) is 11.4 Å². The highest BCUT2D eigenvalue weighted by Crippen LogP contribution is 2.29. The first-order chi connectivity index (χ1) is 12.9. The number of ether oxygens (including phenoxy) is 1. The maximum atomic E-state index is 12.5. The van der Waals surface area contributed by atoms with Crippen molar-refractivity contribution in [1.82, 2.24) is 15.5 Å². The molecular weight excluding hydrogens is 363 g/mol. The number of amides is 1. The maximum Gasteiger partial charge on any atom is 0.471 e. The minimum atomic E-state index is -4.70. The number of carbonyl (C=O) groups excluding carboxylic acids is 1. The third kappa shape index (κ3) is 4.84. The maximum absolute atomic E-state index is 12.5. The second-order valence-electron chi connectivity index (χ2n) is 5.42. The van der Waals surface area contributed by atoms with Crippen LogP contribution in [0.5, 0.6) is 5.75 Å². The zero-order valence-corrected chi connectivity index (χ0v) is 13.9. The van der Waals surface area contributed by atoms with E-state index in [1.807, 2.05) is 30.3 Å². The molecule has 3 rings (SSSR count). The van der Waals surface area contributed by atoms with Crippen molar-refractivity contribution in [3.8, 4) is 17.1 Å². The van der Waals surface area contributed by atoms with E-state index in [9.17, 15) is 18.0 Å². The smallest absolute Gasteiger partial charge is 0.471 e. The molecule has 9 heteroatoms. The van der Waals surface area contributed by atoms with E-state index < -0.39 is 12.1 Å². The van der Waals surface area contributed by atoms with E-state index in [-0.39, 0.29) is 11.7 Å². The van der Waals surface area contributed by atoms with Gasteiger partial charge in [-0.05, 0) is 24.3 Å². The molecule has 1 aromatic heterocycles. The van der Waals surface area contributed by atoms with Crippen molar-refractivity contribution in [3.05, 3.63) is 66.1 Å². The zero-order valence-electron chi connectivity index (χ0n) is 13.9. The number of alkyl halides is 3. The summed E-state index contributed by atoms with van der Waals surface area (Å²) in [5.74, 6) is -1.25. The zero-order chi connectivity index (χ0) is 19.3. The molecule has 2 aromatic carbocycles. The summed E-state index contributed by atoms with van der Waals surface area (Å²) in [6, 6.07) is 15.0. The average Bonchev–Trinajstić information content (AvgIpc) is 3.17.